The van der Waals surface area contributed by atoms with Crippen molar-refractivity contribution in [2.24, 2.45) is 0 Å². The Morgan fingerprint density at radius 2 is 1.84 bits per heavy atom. The number of halogens is 1. The lowest BCUT2D eigenvalue weighted by Gasteiger charge is -2.36. The van der Waals surface area contributed by atoms with Crippen molar-refractivity contribution in [3.8, 4) is 0 Å². The number of amides is 3. The molecule has 2 aromatic rings. The fourth-order valence-corrected chi connectivity index (χ4v) is 4.45. The lowest BCUT2D eigenvalue weighted by molar-refractivity contribution is -0.126. The van der Waals surface area contributed by atoms with Crippen LogP contribution in [0.15, 0.2) is 54.1 Å². The highest BCUT2D eigenvalue weighted by molar-refractivity contribution is 5.96. The predicted molar refractivity (Wildman–Crippen MR) is 141 cm³/mol. The van der Waals surface area contributed by atoms with Gasteiger partial charge in [0.1, 0.15) is 23.2 Å². The SMILES string of the molecule is CN(C)C(=O)C1=C(N(C)C=O)NCN1CC(=O)Nc1ccc(N2CCN(Cc3ccccc3F)CC2)cn1. The van der Waals surface area contributed by atoms with Gasteiger partial charge in [0.05, 0.1) is 25.1 Å². The Bertz CT molecular complexity index is 1200. The molecule has 0 radical (unpaired) electrons. The molecule has 38 heavy (non-hydrogen) atoms. The van der Waals surface area contributed by atoms with Crippen molar-refractivity contribution in [2.75, 3.05) is 70.8 Å². The van der Waals surface area contributed by atoms with Crippen molar-refractivity contribution in [2.45, 2.75) is 6.54 Å². The van der Waals surface area contributed by atoms with Gasteiger partial charge in [-0.05, 0) is 18.2 Å². The molecule has 1 saturated heterocycles. The van der Waals surface area contributed by atoms with Crippen LogP contribution in [0.4, 0.5) is 15.9 Å². The molecule has 3 amide bonds. The first-order valence-electron chi connectivity index (χ1n) is 12.4. The van der Waals surface area contributed by atoms with Crippen molar-refractivity contribution < 1.29 is 18.8 Å². The second kappa shape index (κ2) is 11.9. The normalized spacial score (nSPS) is 15.8. The number of nitrogens with one attached hydrogen (secondary N) is 2. The molecule has 0 saturated carbocycles. The van der Waals surface area contributed by atoms with Crippen LogP contribution in [0.3, 0.4) is 0 Å². The number of pyridine rings is 1. The third-order valence-electron chi connectivity index (χ3n) is 6.54. The summed E-state index contributed by atoms with van der Waals surface area (Å²) in [6.07, 6.45) is 2.32. The van der Waals surface area contributed by atoms with Crippen LogP contribution in [-0.2, 0) is 20.9 Å². The zero-order valence-corrected chi connectivity index (χ0v) is 21.9. The summed E-state index contributed by atoms with van der Waals surface area (Å²) in [5.41, 5.74) is 1.89. The van der Waals surface area contributed by atoms with Crippen LogP contribution in [0.25, 0.3) is 0 Å². The second-order valence-electron chi connectivity index (χ2n) is 9.45. The number of benzene rings is 1. The Labute approximate surface area is 221 Å². The van der Waals surface area contributed by atoms with Crippen LogP contribution in [0, 0.1) is 5.82 Å². The Morgan fingerprint density at radius 1 is 1.11 bits per heavy atom. The summed E-state index contributed by atoms with van der Waals surface area (Å²) in [6, 6.07) is 10.5. The van der Waals surface area contributed by atoms with Gasteiger partial charge in [-0.15, -0.1) is 0 Å². The van der Waals surface area contributed by atoms with E-state index in [-0.39, 0.29) is 36.5 Å². The topological polar surface area (TPSA) is 104 Å². The fraction of sp³-hybridized carbons (Fsp3) is 0.385. The minimum atomic E-state index is -0.340. The lowest BCUT2D eigenvalue weighted by Crippen LogP contribution is -2.46. The minimum Gasteiger partial charge on any atom is -0.368 e. The number of carbonyl (C=O) groups excluding carboxylic acids is 3. The molecule has 2 N–H and O–H groups in total. The summed E-state index contributed by atoms with van der Waals surface area (Å²) in [7, 11) is 4.76. The number of likely N-dealkylation sites (N-methyl/N-ethyl adjacent to an activating group) is 1. The smallest absolute Gasteiger partial charge is 0.273 e. The van der Waals surface area contributed by atoms with E-state index in [9.17, 15) is 18.8 Å². The van der Waals surface area contributed by atoms with Crippen LogP contribution >= 0.6 is 0 Å². The Morgan fingerprint density at radius 3 is 2.47 bits per heavy atom. The Kier molecular flexibility index (Phi) is 8.41. The summed E-state index contributed by atoms with van der Waals surface area (Å²) in [4.78, 5) is 49.8. The van der Waals surface area contributed by atoms with E-state index < -0.39 is 0 Å². The molecule has 3 heterocycles. The van der Waals surface area contributed by atoms with E-state index in [1.807, 2.05) is 18.2 Å². The van der Waals surface area contributed by atoms with Crippen LogP contribution in [-0.4, -0.2) is 103 Å². The Balaban J connectivity index is 1.31. The van der Waals surface area contributed by atoms with Crippen molar-refractivity contribution in [1.82, 2.24) is 29.9 Å². The van der Waals surface area contributed by atoms with Gasteiger partial charge in [0.25, 0.3) is 5.91 Å². The molecule has 0 unspecified atom stereocenters. The van der Waals surface area contributed by atoms with E-state index in [4.69, 9.17) is 0 Å². The highest BCUT2D eigenvalue weighted by Gasteiger charge is 2.32. The zero-order valence-electron chi connectivity index (χ0n) is 21.9. The maximum atomic E-state index is 14.0. The molecule has 0 atom stereocenters. The van der Waals surface area contributed by atoms with Crippen LogP contribution in [0.2, 0.25) is 0 Å². The molecular formula is C26H33FN8O3. The number of aromatic nitrogens is 1. The van der Waals surface area contributed by atoms with Crippen LogP contribution < -0.4 is 15.5 Å². The monoisotopic (exact) mass is 524 g/mol. The van der Waals surface area contributed by atoms with E-state index in [2.05, 4.69) is 25.4 Å². The average Bonchev–Trinajstić information content (AvgIpc) is 3.33. The first-order valence-corrected chi connectivity index (χ1v) is 12.4. The quantitative estimate of drug-likeness (QED) is 0.462. The largest absolute Gasteiger partial charge is 0.368 e. The number of carbonyl (C=O) groups is 3. The molecule has 4 rings (SSSR count). The third kappa shape index (κ3) is 6.20. The molecule has 0 spiro atoms. The number of nitrogens with zero attached hydrogens (tertiary/aromatic N) is 6. The molecular weight excluding hydrogens is 491 g/mol. The number of rotatable bonds is 9. The molecule has 2 aliphatic rings. The Hall–Kier alpha value is -4.19. The van der Waals surface area contributed by atoms with E-state index in [0.29, 0.717) is 30.2 Å². The summed E-state index contributed by atoms with van der Waals surface area (Å²) in [5.74, 6) is -0.0827. The molecule has 0 bridgehead atoms. The number of anilines is 2. The molecule has 2 aliphatic heterocycles. The average molecular weight is 525 g/mol. The maximum absolute atomic E-state index is 14.0. The van der Waals surface area contributed by atoms with E-state index >= 15 is 0 Å². The van der Waals surface area contributed by atoms with Gasteiger partial charge < -0.3 is 30.2 Å². The summed E-state index contributed by atoms with van der Waals surface area (Å²) >= 11 is 0. The van der Waals surface area contributed by atoms with Crippen molar-refractivity contribution >= 4 is 29.7 Å². The highest BCUT2D eigenvalue weighted by Crippen LogP contribution is 2.21. The maximum Gasteiger partial charge on any atom is 0.273 e. The van der Waals surface area contributed by atoms with Gasteiger partial charge in [0.15, 0.2) is 0 Å². The molecule has 1 aromatic carbocycles. The third-order valence-corrected chi connectivity index (χ3v) is 6.54. The van der Waals surface area contributed by atoms with Gasteiger partial charge in [0.2, 0.25) is 12.3 Å². The molecule has 11 nitrogen and oxygen atoms in total. The van der Waals surface area contributed by atoms with E-state index in [1.165, 1.54) is 22.9 Å². The lowest BCUT2D eigenvalue weighted by atomic mass is 10.2. The predicted octanol–water partition coefficient (Wildman–Crippen LogP) is 0.690. The number of hydrogen-bond donors (Lipinski definition) is 2. The highest BCUT2D eigenvalue weighted by atomic mass is 19.1. The minimum absolute atomic E-state index is 0.0918. The van der Waals surface area contributed by atoms with Crippen molar-refractivity contribution in [3.05, 3.63) is 65.5 Å². The molecule has 1 aromatic heterocycles. The molecule has 1 fully saturated rings. The fourth-order valence-electron chi connectivity index (χ4n) is 4.45. The standard InChI is InChI=1S/C26H33FN8O3/c1-31(2)26(38)24-25(32(3)18-36)29-17-35(24)16-23(37)30-22-9-8-20(14-28-22)34-12-10-33(11-13-34)15-19-6-4-5-7-21(19)27/h4-9,14,18,29H,10-13,15-17H2,1-3H3,(H,28,30,37). The summed E-state index contributed by atoms with van der Waals surface area (Å²) in [6.45, 7) is 3.89. The van der Waals surface area contributed by atoms with Crippen LogP contribution in [0.5, 0.6) is 0 Å². The summed E-state index contributed by atoms with van der Waals surface area (Å²) < 4.78 is 14.0. The molecule has 12 heteroatoms. The molecule has 0 aliphatic carbocycles. The second-order valence-corrected chi connectivity index (χ2v) is 9.45. The van der Waals surface area contributed by atoms with Gasteiger partial charge in [0, 0.05) is 59.4 Å². The first-order chi connectivity index (χ1) is 18.3. The van der Waals surface area contributed by atoms with Crippen LogP contribution in [0.1, 0.15) is 5.56 Å². The van der Waals surface area contributed by atoms with Crippen molar-refractivity contribution in [1.29, 1.82) is 0 Å². The van der Waals surface area contributed by atoms with Gasteiger partial charge in [-0.25, -0.2) is 9.37 Å². The van der Waals surface area contributed by atoms with E-state index in [1.54, 1.807) is 37.3 Å². The van der Waals surface area contributed by atoms with Gasteiger partial charge in [-0.2, -0.15) is 0 Å². The number of piperazine rings is 1. The van der Waals surface area contributed by atoms with Crippen molar-refractivity contribution in [3.63, 3.8) is 0 Å². The molecule has 202 valence electrons. The first kappa shape index (κ1) is 26.9. The van der Waals surface area contributed by atoms with Gasteiger partial charge in [-0.3, -0.25) is 19.3 Å². The zero-order chi connectivity index (χ0) is 27.2. The number of hydrogen-bond acceptors (Lipinski definition) is 8. The van der Waals surface area contributed by atoms with E-state index in [0.717, 1.165) is 31.9 Å². The summed E-state index contributed by atoms with van der Waals surface area (Å²) in [5, 5.41) is 5.78. The van der Waals surface area contributed by atoms with Gasteiger partial charge in [-0.1, -0.05) is 18.2 Å². The van der Waals surface area contributed by atoms with Gasteiger partial charge >= 0.3 is 0 Å².